The molecule has 0 bridgehead atoms. The smallest absolute Gasteiger partial charge is 0.336 e. The van der Waals surface area contributed by atoms with Gasteiger partial charge in [-0.1, -0.05) is 30.3 Å². The Labute approximate surface area is 223 Å². The monoisotopic (exact) mass is 562 g/mol. The second kappa shape index (κ2) is 11.9. The fraction of sp³-hybridized carbons (Fsp3) is 0.250. The lowest BCUT2D eigenvalue weighted by Gasteiger charge is -2.30. The third-order valence-corrected chi connectivity index (χ3v) is 6.57. The molecule has 3 heterocycles. The summed E-state index contributed by atoms with van der Waals surface area (Å²) in [5.74, 6) is -2.47. The molecule has 0 fully saturated rings. The van der Waals surface area contributed by atoms with Gasteiger partial charge in [-0.25, -0.2) is 9.78 Å². The molecule has 9 heteroatoms. The molecule has 0 spiro atoms. The number of hydrogen-bond donors (Lipinski definition) is 0. The molecule has 1 aromatic carbocycles. The molecule has 0 N–H and O–H groups in total. The standard InChI is InChI=1S/C28H27BrN4O4/c1-18-24(27(34)36-3)26(23-11-10-22(29)15-31-23)25(19(2)32-18)28(35)37-14-4-5-20-6-8-21(9-7-20)16-33-13-12-30-17-33/h4-13,15,17,24,26H,14,16H2,1-3H3. The van der Waals surface area contributed by atoms with Crippen LogP contribution in [0.15, 0.2) is 88.1 Å². The lowest BCUT2D eigenvalue weighted by Crippen LogP contribution is -2.36. The van der Waals surface area contributed by atoms with Crippen LogP contribution in [-0.4, -0.2) is 45.9 Å². The first-order chi connectivity index (χ1) is 17.9. The molecule has 0 saturated carbocycles. The molecule has 0 saturated heterocycles. The van der Waals surface area contributed by atoms with Gasteiger partial charge >= 0.3 is 11.9 Å². The number of carbonyl (C=O) groups excluding carboxylic acids is 2. The van der Waals surface area contributed by atoms with Crippen LogP contribution in [-0.2, 0) is 25.6 Å². The van der Waals surface area contributed by atoms with E-state index in [2.05, 4.69) is 30.9 Å². The van der Waals surface area contributed by atoms with Crippen molar-refractivity contribution >= 4 is 39.7 Å². The van der Waals surface area contributed by atoms with Crippen LogP contribution >= 0.6 is 15.9 Å². The Balaban J connectivity index is 1.47. The Morgan fingerprint density at radius 3 is 2.57 bits per heavy atom. The summed E-state index contributed by atoms with van der Waals surface area (Å²) in [6, 6.07) is 11.7. The van der Waals surface area contributed by atoms with E-state index in [1.807, 2.05) is 47.2 Å². The Bertz CT molecular complexity index is 1340. The number of rotatable bonds is 8. The third kappa shape index (κ3) is 6.29. The van der Waals surface area contributed by atoms with E-state index >= 15 is 0 Å². The van der Waals surface area contributed by atoms with E-state index < -0.39 is 23.8 Å². The molecule has 0 amide bonds. The number of nitrogens with zero attached hydrogens (tertiary/aromatic N) is 4. The SMILES string of the molecule is COC(=O)C1C(C)=NC(C)=C(C(=O)OCC=Cc2ccc(Cn3ccnc3)cc2)C1c1ccc(Br)cn1. The minimum atomic E-state index is -0.777. The zero-order valence-electron chi connectivity index (χ0n) is 20.8. The minimum absolute atomic E-state index is 0.0679. The highest BCUT2D eigenvalue weighted by atomic mass is 79.9. The van der Waals surface area contributed by atoms with Gasteiger partial charge < -0.3 is 14.0 Å². The number of esters is 2. The van der Waals surface area contributed by atoms with Gasteiger partial charge in [-0.05, 0) is 59.1 Å². The lowest BCUT2D eigenvalue weighted by molar-refractivity contribution is -0.144. The van der Waals surface area contributed by atoms with Crippen LogP contribution < -0.4 is 0 Å². The first kappa shape index (κ1) is 26.2. The fourth-order valence-corrected chi connectivity index (χ4v) is 4.57. The van der Waals surface area contributed by atoms with Crippen molar-refractivity contribution in [2.75, 3.05) is 13.7 Å². The molecule has 1 aliphatic heterocycles. The van der Waals surface area contributed by atoms with E-state index in [9.17, 15) is 9.59 Å². The predicted octanol–water partition coefficient (Wildman–Crippen LogP) is 4.97. The maximum Gasteiger partial charge on any atom is 0.336 e. The van der Waals surface area contributed by atoms with Gasteiger partial charge in [0.25, 0.3) is 0 Å². The van der Waals surface area contributed by atoms with Crippen molar-refractivity contribution in [1.29, 1.82) is 0 Å². The van der Waals surface area contributed by atoms with E-state index in [4.69, 9.17) is 9.47 Å². The molecule has 190 valence electrons. The molecule has 37 heavy (non-hydrogen) atoms. The number of benzene rings is 1. The molecule has 1 aliphatic rings. The number of halogens is 1. The molecule has 2 unspecified atom stereocenters. The first-order valence-corrected chi connectivity index (χ1v) is 12.5. The van der Waals surface area contributed by atoms with Crippen LogP contribution in [0.5, 0.6) is 0 Å². The highest BCUT2D eigenvalue weighted by molar-refractivity contribution is 9.10. The van der Waals surface area contributed by atoms with Gasteiger partial charge in [0.2, 0.25) is 0 Å². The summed E-state index contributed by atoms with van der Waals surface area (Å²) in [6.45, 7) is 4.31. The van der Waals surface area contributed by atoms with Crippen LogP contribution in [0.1, 0.15) is 36.6 Å². The highest BCUT2D eigenvalue weighted by Gasteiger charge is 2.42. The first-order valence-electron chi connectivity index (χ1n) is 11.7. The van der Waals surface area contributed by atoms with Crippen LogP contribution in [0, 0.1) is 5.92 Å². The van der Waals surface area contributed by atoms with Gasteiger partial charge in [-0.2, -0.15) is 0 Å². The van der Waals surface area contributed by atoms with Crippen molar-refractivity contribution in [2.45, 2.75) is 26.3 Å². The molecule has 3 aromatic rings. The molecular formula is C28H27BrN4O4. The van der Waals surface area contributed by atoms with Gasteiger partial charge in [0.05, 0.1) is 24.9 Å². The zero-order valence-corrected chi connectivity index (χ0v) is 22.4. The highest BCUT2D eigenvalue weighted by Crippen LogP contribution is 2.39. The van der Waals surface area contributed by atoms with Gasteiger partial charge in [0.1, 0.15) is 12.5 Å². The Kier molecular flexibility index (Phi) is 8.45. The van der Waals surface area contributed by atoms with E-state index in [1.54, 1.807) is 44.7 Å². The van der Waals surface area contributed by atoms with E-state index in [0.29, 0.717) is 22.7 Å². The number of aromatic nitrogens is 3. The number of allylic oxidation sites excluding steroid dienone is 1. The average molecular weight is 563 g/mol. The van der Waals surface area contributed by atoms with Crippen molar-refractivity contribution in [1.82, 2.24) is 14.5 Å². The van der Waals surface area contributed by atoms with Crippen molar-refractivity contribution in [2.24, 2.45) is 10.9 Å². The van der Waals surface area contributed by atoms with Gasteiger partial charge in [-0.3, -0.25) is 14.8 Å². The number of ether oxygens (including phenoxy) is 2. The maximum absolute atomic E-state index is 13.2. The van der Waals surface area contributed by atoms with Gasteiger partial charge in [0.15, 0.2) is 0 Å². The lowest BCUT2D eigenvalue weighted by atomic mass is 9.77. The summed E-state index contributed by atoms with van der Waals surface area (Å²) >= 11 is 3.38. The molecule has 2 aromatic heterocycles. The predicted molar refractivity (Wildman–Crippen MR) is 144 cm³/mol. The second-order valence-electron chi connectivity index (χ2n) is 8.61. The summed E-state index contributed by atoms with van der Waals surface area (Å²) in [5.41, 5.74) is 4.06. The largest absolute Gasteiger partial charge is 0.468 e. The Morgan fingerprint density at radius 2 is 1.92 bits per heavy atom. The number of carbonyl (C=O) groups is 2. The van der Waals surface area contributed by atoms with Crippen molar-refractivity contribution < 1.29 is 19.1 Å². The maximum atomic E-state index is 13.2. The van der Waals surface area contributed by atoms with Gasteiger partial charge in [0, 0.05) is 46.7 Å². The molecule has 0 radical (unpaired) electrons. The number of pyridine rings is 1. The Hall–Kier alpha value is -3.85. The van der Waals surface area contributed by atoms with E-state index in [-0.39, 0.29) is 6.61 Å². The van der Waals surface area contributed by atoms with Crippen LogP contribution in [0.3, 0.4) is 0 Å². The average Bonchev–Trinajstić information content (AvgIpc) is 3.40. The van der Waals surface area contributed by atoms with Crippen molar-refractivity contribution in [3.8, 4) is 0 Å². The zero-order chi connectivity index (χ0) is 26.4. The Morgan fingerprint density at radius 1 is 1.14 bits per heavy atom. The summed E-state index contributed by atoms with van der Waals surface area (Å²) in [7, 11) is 1.32. The van der Waals surface area contributed by atoms with E-state index in [1.165, 1.54) is 7.11 Å². The van der Waals surface area contributed by atoms with Crippen molar-refractivity contribution in [3.63, 3.8) is 0 Å². The summed E-state index contributed by atoms with van der Waals surface area (Å²) in [4.78, 5) is 38.9. The van der Waals surface area contributed by atoms with Crippen LogP contribution in [0.25, 0.3) is 6.08 Å². The molecule has 8 nitrogen and oxygen atoms in total. The summed E-state index contributed by atoms with van der Waals surface area (Å²) < 4.78 is 13.4. The van der Waals surface area contributed by atoms with Crippen LogP contribution in [0.2, 0.25) is 0 Å². The molecule has 2 atom stereocenters. The molecule has 0 aliphatic carbocycles. The quantitative estimate of drug-likeness (QED) is 0.360. The molecule has 4 rings (SSSR count). The van der Waals surface area contributed by atoms with E-state index in [0.717, 1.165) is 22.1 Å². The molecular weight excluding hydrogens is 536 g/mol. The topological polar surface area (TPSA) is 95.7 Å². The normalized spacial score (nSPS) is 17.6. The summed E-state index contributed by atoms with van der Waals surface area (Å²) in [6.07, 6.45) is 10.8. The van der Waals surface area contributed by atoms with Gasteiger partial charge in [-0.15, -0.1) is 0 Å². The number of imidazole rings is 1. The van der Waals surface area contributed by atoms with Crippen molar-refractivity contribution in [3.05, 3.63) is 100.0 Å². The third-order valence-electron chi connectivity index (χ3n) is 6.10. The fourth-order valence-electron chi connectivity index (χ4n) is 4.34. The minimum Gasteiger partial charge on any atom is -0.468 e. The second-order valence-corrected chi connectivity index (χ2v) is 9.53. The number of aliphatic imine (C=N–C) groups is 1. The number of hydrogen-bond acceptors (Lipinski definition) is 7. The summed E-state index contributed by atoms with van der Waals surface area (Å²) in [5, 5.41) is 0. The van der Waals surface area contributed by atoms with Crippen LogP contribution in [0.4, 0.5) is 0 Å². The number of methoxy groups -OCH3 is 1.